The van der Waals surface area contributed by atoms with E-state index >= 15 is 0 Å². The monoisotopic (exact) mass is 422 g/mol. The highest BCUT2D eigenvalue weighted by atomic mass is 32.1. The first-order valence-electron chi connectivity index (χ1n) is 8.40. The van der Waals surface area contributed by atoms with Crippen molar-refractivity contribution in [1.29, 1.82) is 0 Å². The first-order chi connectivity index (χ1) is 13.6. The number of aryl methyl sites for hydroxylation is 1. The molecule has 5 N–H and O–H groups in total. The highest BCUT2D eigenvalue weighted by molar-refractivity contribution is 7.19. The lowest BCUT2D eigenvalue weighted by molar-refractivity contribution is -0.147. The number of carboxylic acids is 2. The van der Waals surface area contributed by atoms with Gasteiger partial charge in [0, 0.05) is 15.0 Å². The topological polar surface area (TPSA) is 173 Å². The number of primary amides is 1. The minimum Gasteiger partial charge on any atom is -0.483 e. The molecule has 0 spiro atoms. The molecule has 10 nitrogen and oxygen atoms in total. The second kappa shape index (κ2) is 9.15. The van der Waals surface area contributed by atoms with Crippen LogP contribution in [0.5, 0.6) is 5.75 Å². The molecule has 2 aromatic rings. The zero-order chi connectivity index (χ0) is 21.7. The van der Waals surface area contributed by atoms with E-state index in [4.69, 9.17) is 20.7 Å². The predicted octanol–water partition coefficient (Wildman–Crippen LogP) is 0.555. The van der Waals surface area contributed by atoms with E-state index in [-0.39, 0.29) is 11.3 Å². The normalized spacial score (nSPS) is 11.6. The third-order valence-corrected chi connectivity index (χ3v) is 5.19. The molecule has 0 aliphatic carbocycles. The molecule has 29 heavy (non-hydrogen) atoms. The van der Waals surface area contributed by atoms with Crippen LogP contribution < -0.4 is 15.8 Å². The van der Waals surface area contributed by atoms with Gasteiger partial charge in [0.25, 0.3) is 17.6 Å². The Morgan fingerprint density at radius 1 is 1.21 bits per heavy atom. The Balaban J connectivity index is 2.28. The van der Waals surface area contributed by atoms with Gasteiger partial charge in [-0.25, -0.2) is 4.79 Å². The van der Waals surface area contributed by atoms with Crippen LogP contribution in [0.4, 0.5) is 0 Å². The van der Waals surface area contributed by atoms with Crippen molar-refractivity contribution in [3.8, 4) is 5.75 Å². The van der Waals surface area contributed by atoms with Crippen molar-refractivity contribution in [2.24, 2.45) is 5.73 Å². The number of nitrogens with two attached hydrogens (primary N) is 1. The number of carboxylic acid groups (broad SMARTS) is 2. The van der Waals surface area contributed by atoms with Gasteiger partial charge in [-0.1, -0.05) is 13.0 Å². The maximum Gasteiger partial charge on any atom is 0.326 e. The molecule has 1 atom stereocenters. The molecule has 2 rings (SSSR count). The number of benzene rings is 1. The molecular formula is C18H18N2O8S. The number of hydrogen-bond acceptors (Lipinski definition) is 7. The van der Waals surface area contributed by atoms with Crippen LogP contribution in [0.15, 0.2) is 18.2 Å². The van der Waals surface area contributed by atoms with E-state index in [0.717, 1.165) is 0 Å². The molecule has 0 saturated heterocycles. The van der Waals surface area contributed by atoms with Gasteiger partial charge < -0.3 is 26.0 Å². The average Bonchev–Trinajstić information content (AvgIpc) is 3.03. The van der Waals surface area contributed by atoms with Gasteiger partial charge in [-0.05, 0) is 18.6 Å². The summed E-state index contributed by atoms with van der Waals surface area (Å²) in [5.41, 5.74) is 5.26. The van der Waals surface area contributed by atoms with Crippen molar-refractivity contribution in [2.75, 3.05) is 6.61 Å². The van der Waals surface area contributed by atoms with E-state index in [1.807, 2.05) is 6.92 Å². The zero-order valence-corrected chi connectivity index (χ0v) is 16.1. The molecule has 11 heteroatoms. The third kappa shape index (κ3) is 5.08. The number of carbonyl (C=O) groups is 5. The van der Waals surface area contributed by atoms with E-state index < -0.39 is 48.6 Å². The molecule has 0 aliphatic heterocycles. The van der Waals surface area contributed by atoms with Gasteiger partial charge in [0.2, 0.25) is 0 Å². The molecule has 1 heterocycles. The largest absolute Gasteiger partial charge is 0.483 e. The number of nitrogens with one attached hydrogen (secondary N) is 1. The number of hydrogen-bond donors (Lipinski definition) is 4. The highest BCUT2D eigenvalue weighted by Crippen LogP contribution is 2.38. The second-order valence-corrected chi connectivity index (χ2v) is 7.06. The predicted molar refractivity (Wildman–Crippen MR) is 102 cm³/mol. The number of aliphatic carboxylic acids is 2. The van der Waals surface area contributed by atoms with Crippen LogP contribution in [0.2, 0.25) is 0 Å². The average molecular weight is 422 g/mol. The van der Waals surface area contributed by atoms with Crippen molar-refractivity contribution >= 4 is 51.0 Å². The van der Waals surface area contributed by atoms with Crippen molar-refractivity contribution in [1.82, 2.24) is 5.32 Å². The Morgan fingerprint density at radius 2 is 1.90 bits per heavy atom. The van der Waals surface area contributed by atoms with Crippen LogP contribution in [0.3, 0.4) is 0 Å². The lowest BCUT2D eigenvalue weighted by atomic mass is 10.0. The minimum absolute atomic E-state index is 0.116. The van der Waals surface area contributed by atoms with Crippen molar-refractivity contribution in [3.63, 3.8) is 0 Å². The van der Waals surface area contributed by atoms with Crippen molar-refractivity contribution in [3.05, 3.63) is 28.6 Å². The zero-order valence-electron chi connectivity index (χ0n) is 15.3. The van der Waals surface area contributed by atoms with E-state index in [2.05, 4.69) is 5.32 Å². The van der Waals surface area contributed by atoms with Crippen LogP contribution in [0, 0.1) is 0 Å². The van der Waals surface area contributed by atoms with Gasteiger partial charge in [0.05, 0.1) is 12.0 Å². The number of fused-ring (bicyclic) bond motifs is 1. The molecule has 0 saturated carbocycles. The number of thiophene rings is 1. The molecule has 0 radical (unpaired) electrons. The number of ketones is 1. The summed E-state index contributed by atoms with van der Waals surface area (Å²) in [6.07, 6.45) is -0.318. The SMILES string of the molecule is CCc1sc2cccc(OCC(=O)N[C@@H](CC(=O)O)C(=O)O)c2c1C(=O)C(N)=O. The summed E-state index contributed by atoms with van der Waals surface area (Å²) in [6, 6.07) is 3.23. The van der Waals surface area contributed by atoms with Crippen LogP contribution in [-0.4, -0.2) is 52.4 Å². The Labute approximate surface area is 168 Å². The summed E-state index contributed by atoms with van der Waals surface area (Å²) in [7, 11) is 0. The Morgan fingerprint density at radius 3 is 2.45 bits per heavy atom. The quantitative estimate of drug-likeness (QED) is 0.317. The summed E-state index contributed by atoms with van der Waals surface area (Å²) in [5.74, 6) is -5.59. The Bertz CT molecular complexity index is 997. The summed E-state index contributed by atoms with van der Waals surface area (Å²) in [5, 5.41) is 20.1. The second-order valence-electron chi connectivity index (χ2n) is 5.92. The first-order valence-corrected chi connectivity index (χ1v) is 9.22. The maximum absolute atomic E-state index is 12.3. The molecule has 0 unspecified atom stereocenters. The standard InChI is InChI=1S/C18H18N2O8S/c1-2-10-15(16(24)17(19)25)14-9(4-3-5-11(14)29-10)28-7-12(21)20-8(18(26)27)6-13(22)23/h3-5,8H,2,6-7H2,1H3,(H2,19,25)(H,20,21)(H,22,23)(H,26,27)/t8-/m0/s1. The van der Waals surface area contributed by atoms with Gasteiger partial charge in [-0.15, -0.1) is 11.3 Å². The van der Waals surface area contributed by atoms with Gasteiger partial charge in [-0.3, -0.25) is 19.2 Å². The fourth-order valence-electron chi connectivity index (χ4n) is 2.65. The van der Waals surface area contributed by atoms with E-state index in [0.29, 0.717) is 21.4 Å². The fourth-order valence-corrected chi connectivity index (χ4v) is 3.81. The molecule has 0 fully saturated rings. The minimum atomic E-state index is -1.61. The van der Waals surface area contributed by atoms with Crippen LogP contribution >= 0.6 is 11.3 Å². The van der Waals surface area contributed by atoms with Crippen LogP contribution in [-0.2, 0) is 25.6 Å². The fraction of sp³-hybridized carbons (Fsp3) is 0.278. The van der Waals surface area contributed by atoms with Crippen LogP contribution in [0.1, 0.15) is 28.6 Å². The van der Waals surface area contributed by atoms with Crippen molar-refractivity contribution in [2.45, 2.75) is 25.8 Å². The number of ether oxygens (including phenoxy) is 1. The van der Waals surface area contributed by atoms with E-state index in [1.165, 1.54) is 17.4 Å². The smallest absolute Gasteiger partial charge is 0.326 e. The molecular weight excluding hydrogens is 404 g/mol. The summed E-state index contributed by atoms with van der Waals surface area (Å²) < 4.78 is 6.10. The Hall–Kier alpha value is -3.47. The third-order valence-electron chi connectivity index (χ3n) is 3.89. The van der Waals surface area contributed by atoms with E-state index in [1.54, 1.807) is 12.1 Å². The summed E-state index contributed by atoms with van der Waals surface area (Å²) in [6.45, 7) is 1.19. The van der Waals surface area contributed by atoms with Gasteiger partial charge in [0.1, 0.15) is 11.8 Å². The van der Waals surface area contributed by atoms with E-state index in [9.17, 15) is 24.0 Å². The number of carbonyl (C=O) groups excluding carboxylic acids is 3. The maximum atomic E-state index is 12.3. The number of amides is 2. The Kier molecular flexibility index (Phi) is 6.89. The number of Topliss-reactive ketones (excluding diaryl/α,β-unsaturated/α-hetero) is 1. The molecule has 0 aliphatic rings. The molecule has 2 amide bonds. The highest BCUT2D eigenvalue weighted by Gasteiger charge is 2.26. The number of rotatable bonds is 10. The lowest BCUT2D eigenvalue weighted by Crippen LogP contribution is -2.44. The van der Waals surface area contributed by atoms with Gasteiger partial charge in [0.15, 0.2) is 6.61 Å². The summed E-state index contributed by atoms with van der Waals surface area (Å²) in [4.78, 5) is 58.1. The van der Waals surface area contributed by atoms with Crippen molar-refractivity contribution < 1.29 is 38.9 Å². The molecule has 0 bridgehead atoms. The van der Waals surface area contributed by atoms with Gasteiger partial charge >= 0.3 is 11.9 Å². The first kappa shape index (κ1) is 21.8. The van der Waals surface area contributed by atoms with Gasteiger partial charge in [-0.2, -0.15) is 0 Å². The lowest BCUT2D eigenvalue weighted by Gasteiger charge is -2.13. The molecule has 1 aromatic heterocycles. The summed E-state index contributed by atoms with van der Waals surface area (Å²) >= 11 is 1.29. The molecule has 1 aromatic carbocycles. The molecule has 154 valence electrons. The van der Waals surface area contributed by atoms with Crippen LogP contribution in [0.25, 0.3) is 10.1 Å².